The molecule has 2 aromatic carbocycles. The molecule has 1 N–H and O–H groups in total. The predicted molar refractivity (Wildman–Crippen MR) is 93.2 cm³/mol. The normalized spacial score (nSPS) is 18.2. The number of fused-ring (bicyclic) bond motifs is 1. The monoisotopic (exact) mass is 336 g/mol. The van der Waals surface area contributed by atoms with Gasteiger partial charge in [0.05, 0.1) is 12.0 Å². The molecule has 4 rings (SSSR count). The first-order valence-electron chi connectivity index (χ1n) is 8.57. The van der Waals surface area contributed by atoms with Gasteiger partial charge in [-0.2, -0.15) is 0 Å². The van der Waals surface area contributed by atoms with Crippen LogP contribution in [0.2, 0.25) is 0 Å². The maximum atomic E-state index is 12.5. The third-order valence-electron chi connectivity index (χ3n) is 4.90. The highest BCUT2D eigenvalue weighted by molar-refractivity contribution is 5.98. The summed E-state index contributed by atoms with van der Waals surface area (Å²) in [4.78, 5) is 26.7. The third kappa shape index (κ3) is 3.09. The van der Waals surface area contributed by atoms with Gasteiger partial charge in [-0.25, -0.2) is 0 Å². The molecular formula is C20H20N2O3. The van der Waals surface area contributed by atoms with Crippen LogP contribution >= 0.6 is 0 Å². The minimum absolute atomic E-state index is 0.106. The molecule has 0 bridgehead atoms. The number of hydrogen-bond donors (Lipinski definition) is 1. The Morgan fingerprint density at radius 1 is 1.04 bits per heavy atom. The zero-order valence-electron chi connectivity index (χ0n) is 13.9. The van der Waals surface area contributed by atoms with Crippen LogP contribution in [0.3, 0.4) is 0 Å². The molecule has 0 aromatic heterocycles. The molecule has 5 heteroatoms. The molecule has 1 fully saturated rings. The summed E-state index contributed by atoms with van der Waals surface area (Å²) in [6, 6.07) is 17.0. The number of likely N-dealkylation sites (tertiary alicyclic amines) is 1. The maximum absolute atomic E-state index is 12.5. The lowest BCUT2D eigenvalue weighted by Crippen LogP contribution is -2.61. The van der Waals surface area contributed by atoms with Crippen molar-refractivity contribution >= 4 is 11.8 Å². The topological polar surface area (TPSA) is 58.6 Å². The van der Waals surface area contributed by atoms with Gasteiger partial charge >= 0.3 is 0 Å². The Morgan fingerprint density at radius 2 is 1.72 bits per heavy atom. The number of ether oxygens (including phenoxy) is 1. The highest BCUT2D eigenvalue weighted by Gasteiger charge is 2.43. The summed E-state index contributed by atoms with van der Waals surface area (Å²) in [7, 11) is 0. The van der Waals surface area contributed by atoms with Crippen molar-refractivity contribution in [3.63, 3.8) is 0 Å². The summed E-state index contributed by atoms with van der Waals surface area (Å²) in [6.45, 7) is 1.15. The highest BCUT2D eigenvalue weighted by Crippen LogP contribution is 2.33. The first-order valence-corrected chi connectivity index (χ1v) is 8.57. The molecular weight excluding hydrogens is 316 g/mol. The second-order valence-electron chi connectivity index (χ2n) is 6.59. The van der Waals surface area contributed by atoms with Gasteiger partial charge in [0.25, 0.3) is 5.91 Å². The van der Waals surface area contributed by atoms with E-state index in [-0.39, 0.29) is 11.8 Å². The summed E-state index contributed by atoms with van der Waals surface area (Å²) in [5.41, 5.74) is 0.884. The minimum Gasteiger partial charge on any atom is -0.467 e. The Hall–Kier alpha value is -2.82. The molecule has 0 atom stereocenters. The molecule has 25 heavy (non-hydrogen) atoms. The molecule has 0 unspecified atom stereocenters. The number of nitrogens with one attached hydrogen (secondary N) is 1. The molecule has 2 aliphatic heterocycles. The fraction of sp³-hybridized carbons (Fsp3) is 0.300. The van der Waals surface area contributed by atoms with E-state index in [4.69, 9.17) is 4.74 Å². The van der Waals surface area contributed by atoms with Gasteiger partial charge in [0.1, 0.15) is 5.75 Å². The molecule has 1 saturated heterocycles. The fourth-order valence-corrected chi connectivity index (χ4v) is 3.48. The first-order chi connectivity index (χ1) is 12.2. The van der Waals surface area contributed by atoms with Crippen molar-refractivity contribution in [2.24, 2.45) is 0 Å². The van der Waals surface area contributed by atoms with Gasteiger partial charge in [0.15, 0.2) is 5.72 Å². The zero-order chi connectivity index (χ0) is 17.3. The highest BCUT2D eigenvalue weighted by atomic mass is 16.5. The molecule has 5 nitrogen and oxygen atoms in total. The van der Waals surface area contributed by atoms with Gasteiger partial charge in [-0.05, 0) is 17.7 Å². The largest absolute Gasteiger partial charge is 0.467 e. The van der Waals surface area contributed by atoms with Crippen LogP contribution in [0.25, 0.3) is 0 Å². The molecule has 128 valence electrons. The quantitative estimate of drug-likeness (QED) is 0.916. The van der Waals surface area contributed by atoms with Crippen molar-refractivity contribution in [1.29, 1.82) is 0 Å². The Bertz CT molecular complexity index is 796. The average Bonchev–Trinajstić information content (AvgIpc) is 2.63. The summed E-state index contributed by atoms with van der Waals surface area (Å²) < 4.78 is 6.11. The number of carbonyl (C=O) groups excluding carboxylic acids is 2. The molecule has 0 radical (unpaired) electrons. The fourth-order valence-electron chi connectivity index (χ4n) is 3.48. The number of hydrogen-bond acceptors (Lipinski definition) is 3. The van der Waals surface area contributed by atoms with E-state index in [2.05, 4.69) is 5.32 Å². The standard InChI is InChI=1S/C20H20N2O3/c23-18(14-15-6-2-1-3-7-15)22-12-10-20(11-13-22)21-19(24)16-8-4-5-9-17(16)25-20/h1-9H,10-14H2,(H,21,24). The first kappa shape index (κ1) is 15.7. The number of nitrogens with zero attached hydrogens (tertiary/aromatic N) is 1. The second kappa shape index (κ2) is 6.24. The number of amides is 2. The Labute approximate surface area is 146 Å². The van der Waals surface area contributed by atoms with E-state index < -0.39 is 5.72 Å². The van der Waals surface area contributed by atoms with Gasteiger partial charge in [0, 0.05) is 25.9 Å². The summed E-state index contributed by atoms with van der Waals surface area (Å²) in [6.07, 6.45) is 1.59. The Kier molecular flexibility index (Phi) is 3.92. The molecule has 2 aromatic rings. The van der Waals surface area contributed by atoms with Crippen molar-refractivity contribution in [3.8, 4) is 5.75 Å². The van der Waals surface area contributed by atoms with E-state index in [0.29, 0.717) is 43.7 Å². The van der Waals surface area contributed by atoms with Crippen LogP contribution in [-0.2, 0) is 11.2 Å². The number of piperidine rings is 1. The molecule has 2 aliphatic rings. The third-order valence-corrected chi connectivity index (χ3v) is 4.90. The van der Waals surface area contributed by atoms with Crippen LogP contribution in [0.1, 0.15) is 28.8 Å². The van der Waals surface area contributed by atoms with Gasteiger partial charge < -0.3 is 15.0 Å². The van der Waals surface area contributed by atoms with Crippen LogP contribution in [0.5, 0.6) is 5.75 Å². The minimum atomic E-state index is -0.699. The van der Waals surface area contributed by atoms with Crippen LogP contribution in [0.15, 0.2) is 54.6 Å². The Balaban J connectivity index is 1.42. The average molecular weight is 336 g/mol. The maximum Gasteiger partial charge on any atom is 0.258 e. The van der Waals surface area contributed by atoms with Gasteiger partial charge in [-0.15, -0.1) is 0 Å². The lowest BCUT2D eigenvalue weighted by molar-refractivity contribution is -0.134. The summed E-state index contributed by atoms with van der Waals surface area (Å²) in [5.74, 6) is 0.629. The lowest BCUT2D eigenvalue weighted by atomic mass is 9.96. The van der Waals surface area contributed by atoms with E-state index in [9.17, 15) is 9.59 Å². The number of benzene rings is 2. The van der Waals surface area contributed by atoms with Crippen LogP contribution < -0.4 is 10.1 Å². The van der Waals surface area contributed by atoms with Crippen molar-refractivity contribution < 1.29 is 14.3 Å². The second-order valence-corrected chi connectivity index (χ2v) is 6.59. The van der Waals surface area contributed by atoms with Crippen LogP contribution in [0, 0.1) is 0 Å². The molecule has 1 spiro atoms. The number of rotatable bonds is 2. The Morgan fingerprint density at radius 3 is 2.48 bits per heavy atom. The SMILES string of the molecule is O=C1NC2(CCN(C(=O)Cc3ccccc3)CC2)Oc2ccccc21. The van der Waals surface area contributed by atoms with Crippen molar-refractivity contribution in [1.82, 2.24) is 10.2 Å². The smallest absolute Gasteiger partial charge is 0.258 e. The van der Waals surface area contributed by atoms with E-state index in [1.54, 1.807) is 6.07 Å². The van der Waals surface area contributed by atoms with Gasteiger partial charge in [-0.1, -0.05) is 42.5 Å². The lowest BCUT2D eigenvalue weighted by Gasteiger charge is -2.44. The summed E-state index contributed by atoms with van der Waals surface area (Å²) >= 11 is 0. The molecule has 2 heterocycles. The van der Waals surface area contributed by atoms with Crippen LogP contribution in [0.4, 0.5) is 0 Å². The van der Waals surface area contributed by atoms with E-state index in [1.165, 1.54) is 0 Å². The van der Waals surface area contributed by atoms with E-state index in [0.717, 1.165) is 5.56 Å². The van der Waals surface area contributed by atoms with Gasteiger partial charge in [0.2, 0.25) is 5.91 Å². The van der Waals surface area contributed by atoms with Gasteiger partial charge in [-0.3, -0.25) is 9.59 Å². The number of carbonyl (C=O) groups is 2. The summed E-state index contributed by atoms with van der Waals surface area (Å²) in [5, 5.41) is 3.00. The van der Waals surface area contributed by atoms with E-state index >= 15 is 0 Å². The zero-order valence-corrected chi connectivity index (χ0v) is 13.9. The molecule has 2 amide bonds. The van der Waals surface area contributed by atoms with Crippen molar-refractivity contribution in [3.05, 3.63) is 65.7 Å². The van der Waals surface area contributed by atoms with E-state index in [1.807, 2.05) is 53.4 Å². The molecule has 0 aliphatic carbocycles. The predicted octanol–water partition coefficient (Wildman–Crippen LogP) is 2.37. The van der Waals surface area contributed by atoms with Crippen LogP contribution in [-0.4, -0.2) is 35.5 Å². The van der Waals surface area contributed by atoms with Crippen molar-refractivity contribution in [2.75, 3.05) is 13.1 Å². The van der Waals surface area contributed by atoms with Crippen molar-refractivity contribution in [2.45, 2.75) is 25.0 Å². The number of para-hydroxylation sites is 1. The molecule has 0 saturated carbocycles.